The largest absolute Gasteiger partial charge is 0.495 e. The molecule has 4 aromatic rings. The Balaban J connectivity index is 1.74. The molecule has 0 aliphatic carbocycles. The number of ether oxygens (including phenoxy) is 2. The number of rotatable bonds is 6. The Hall–Kier alpha value is -3.98. The van der Waals surface area contributed by atoms with Crippen molar-refractivity contribution in [1.29, 1.82) is 0 Å². The Kier molecular flexibility index (Phi) is 6.33. The second kappa shape index (κ2) is 9.48. The molecule has 10 heteroatoms. The number of nitrogens with one attached hydrogen (secondary N) is 3. The van der Waals surface area contributed by atoms with Crippen LogP contribution in [0.1, 0.15) is 31.3 Å². The zero-order chi connectivity index (χ0) is 26.3. The summed E-state index contributed by atoms with van der Waals surface area (Å²) in [6.45, 7) is 7.31. The number of nitrogens with zero attached hydrogens (tertiary/aromatic N) is 3. The summed E-state index contributed by atoms with van der Waals surface area (Å²) in [5, 5.41) is 16.0. The van der Waals surface area contributed by atoms with Gasteiger partial charge in [0.05, 0.1) is 48.4 Å². The first-order valence-electron chi connectivity index (χ1n) is 11.9. The monoisotopic (exact) mass is 520 g/mol. The van der Waals surface area contributed by atoms with E-state index in [1.54, 1.807) is 31.2 Å². The first-order chi connectivity index (χ1) is 17.7. The van der Waals surface area contributed by atoms with E-state index >= 15 is 0 Å². The molecule has 0 unspecified atom stereocenters. The summed E-state index contributed by atoms with van der Waals surface area (Å²) in [6, 6.07) is 11.2. The van der Waals surface area contributed by atoms with Crippen molar-refractivity contribution in [2.24, 2.45) is 0 Å². The average molecular weight is 521 g/mol. The second-order valence-corrected chi connectivity index (χ2v) is 10.2. The van der Waals surface area contributed by atoms with E-state index in [2.05, 4.69) is 41.7 Å². The first-order valence-corrected chi connectivity index (χ1v) is 12.3. The molecule has 1 aliphatic rings. The number of halogens is 1. The first kappa shape index (κ1) is 24.7. The van der Waals surface area contributed by atoms with Gasteiger partial charge in [-0.25, -0.2) is 0 Å². The lowest BCUT2D eigenvalue weighted by atomic mass is 10.0. The third-order valence-corrected chi connectivity index (χ3v) is 6.33. The van der Waals surface area contributed by atoms with E-state index in [1.165, 1.54) is 0 Å². The van der Waals surface area contributed by atoms with Gasteiger partial charge in [-0.05, 0) is 45.0 Å². The highest BCUT2D eigenvalue weighted by atomic mass is 35.5. The van der Waals surface area contributed by atoms with E-state index in [0.29, 0.717) is 52.4 Å². The molecule has 0 saturated carbocycles. The van der Waals surface area contributed by atoms with Gasteiger partial charge < -0.3 is 25.4 Å². The molecule has 0 saturated heterocycles. The van der Waals surface area contributed by atoms with Gasteiger partial charge in [-0.1, -0.05) is 17.7 Å². The third-order valence-electron chi connectivity index (χ3n) is 6.04. The number of methoxy groups -OCH3 is 2. The molecule has 2 aromatic heterocycles. The standard InChI is InChI=1S/C27H29ClN6O3/c1-27(2,3)32-20-13-16-15(9-10-29-19(16)14-21(20)36-4)22-23(24-26(35)30-11-12-34(24)33-22)31-18-8-6-7-17(28)25(18)37-5/h6-10,13-14,31-32H,11-12H2,1-5H3,(H,30,35). The molecular weight excluding hydrogens is 492 g/mol. The summed E-state index contributed by atoms with van der Waals surface area (Å²) in [4.78, 5) is 17.6. The summed E-state index contributed by atoms with van der Waals surface area (Å²) in [5.41, 5.74) is 4.46. The van der Waals surface area contributed by atoms with Crippen LogP contribution in [0, 0.1) is 0 Å². The van der Waals surface area contributed by atoms with Gasteiger partial charge in [0.2, 0.25) is 0 Å². The molecule has 192 valence electrons. The number of hydrogen-bond acceptors (Lipinski definition) is 7. The fourth-order valence-corrected chi connectivity index (χ4v) is 4.77. The number of aromatic nitrogens is 3. The lowest BCUT2D eigenvalue weighted by Gasteiger charge is -2.24. The fourth-order valence-electron chi connectivity index (χ4n) is 4.52. The lowest BCUT2D eigenvalue weighted by Crippen LogP contribution is -2.35. The Morgan fingerprint density at radius 3 is 2.65 bits per heavy atom. The number of benzene rings is 2. The number of pyridine rings is 1. The molecule has 2 aromatic carbocycles. The SMILES string of the molecule is COc1cc2nccc(-c3nn4c(c3Nc3cccc(Cl)c3OC)C(=O)NCC4)c2cc1NC(C)(C)C. The molecule has 5 rings (SSSR count). The maximum Gasteiger partial charge on any atom is 0.271 e. The molecule has 1 amide bonds. The van der Waals surface area contributed by atoms with E-state index in [0.717, 1.165) is 22.2 Å². The highest BCUT2D eigenvalue weighted by Crippen LogP contribution is 2.42. The van der Waals surface area contributed by atoms with Gasteiger partial charge >= 0.3 is 0 Å². The molecule has 3 N–H and O–H groups in total. The van der Waals surface area contributed by atoms with Crippen molar-refractivity contribution in [3.63, 3.8) is 0 Å². The maximum atomic E-state index is 13.0. The summed E-state index contributed by atoms with van der Waals surface area (Å²) in [5.74, 6) is 0.966. The van der Waals surface area contributed by atoms with Gasteiger partial charge in [-0.15, -0.1) is 0 Å². The Morgan fingerprint density at radius 2 is 1.92 bits per heavy atom. The fraction of sp³-hybridized carbons (Fsp3) is 0.296. The predicted octanol–water partition coefficient (Wildman–Crippen LogP) is 5.47. The van der Waals surface area contributed by atoms with Crippen LogP contribution in [0.3, 0.4) is 0 Å². The van der Waals surface area contributed by atoms with Crippen LogP contribution in [0.15, 0.2) is 42.6 Å². The van der Waals surface area contributed by atoms with Crippen molar-refractivity contribution < 1.29 is 14.3 Å². The number of carbonyl (C=O) groups excluding carboxylic acids is 1. The molecule has 0 atom stereocenters. The minimum absolute atomic E-state index is 0.190. The number of para-hydroxylation sites is 1. The van der Waals surface area contributed by atoms with Crippen molar-refractivity contribution in [2.45, 2.75) is 32.9 Å². The zero-order valence-corrected chi connectivity index (χ0v) is 22.2. The van der Waals surface area contributed by atoms with Crippen LogP contribution in [-0.2, 0) is 6.54 Å². The van der Waals surface area contributed by atoms with E-state index in [9.17, 15) is 4.79 Å². The van der Waals surface area contributed by atoms with E-state index in [4.69, 9.17) is 26.2 Å². The molecule has 0 bridgehead atoms. The number of carbonyl (C=O) groups is 1. The number of hydrogen-bond donors (Lipinski definition) is 3. The quantitative estimate of drug-likeness (QED) is 0.310. The van der Waals surface area contributed by atoms with Crippen molar-refractivity contribution in [1.82, 2.24) is 20.1 Å². The van der Waals surface area contributed by atoms with E-state index in [-0.39, 0.29) is 11.4 Å². The molecule has 3 heterocycles. The van der Waals surface area contributed by atoms with Crippen LogP contribution in [0.25, 0.3) is 22.2 Å². The predicted molar refractivity (Wildman–Crippen MR) is 147 cm³/mol. The minimum atomic E-state index is -0.205. The summed E-state index contributed by atoms with van der Waals surface area (Å²) in [7, 11) is 3.20. The summed E-state index contributed by atoms with van der Waals surface area (Å²) >= 11 is 6.38. The van der Waals surface area contributed by atoms with Crippen molar-refractivity contribution in [3.8, 4) is 22.8 Å². The summed E-state index contributed by atoms with van der Waals surface area (Å²) in [6.07, 6.45) is 1.73. The summed E-state index contributed by atoms with van der Waals surface area (Å²) < 4.78 is 12.9. The Morgan fingerprint density at radius 1 is 1.11 bits per heavy atom. The smallest absolute Gasteiger partial charge is 0.271 e. The maximum absolute atomic E-state index is 13.0. The third kappa shape index (κ3) is 4.62. The van der Waals surface area contributed by atoms with Gasteiger partial charge in [0.1, 0.15) is 17.1 Å². The number of amides is 1. The molecule has 9 nitrogen and oxygen atoms in total. The highest BCUT2D eigenvalue weighted by Gasteiger charge is 2.29. The average Bonchev–Trinajstić information content (AvgIpc) is 3.21. The van der Waals surface area contributed by atoms with Gasteiger partial charge in [0.15, 0.2) is 5.75 Å². The van der Waals surface area contributed by atoms with Gasteiger partial charge in [0.25, 0.3) is 5.91 Å². The molecule has 37 heavy (non-hydrogen) atoms. The van der Waals surface area contributed by atoms with Crippen LogP contribution >= 0.6 is 11.6 Å². The number of fused-ring (bicyclic) bond motifs is 2. The van der Waals surface area contributed by atoms with Gasteiger partial charge in [-0.3, -0.25) is 14.5 Å². The van der Waals surface area contributed by atoms with E-state index < -0.39 is 0 Å². The second-order valence-electron chi connectivity index (χ2n) is 9.80. The molecule has 0 fully saturated rings. The van der Waals surface area contributed by atoms with Gasteiger partial charge in [-0.2, -0.15) is 5.10 Å². The number of anilines is 3. The van der Waals surface area contributed by atoms with Crippen LogP contribution in [0.4, 0.5) is 17.1 Å². The molecule has 1 aliphatic heterocycles. The van der Waals surface area contributed by atoms with Crippen LogP contribution in [0.5, 0.6) is 11.5 Å². The lowest BCUT2D eigenvalue weighted by molar-refractivity contribution is 0.0925. The Labute approximate surface area is 220 Å². The topological polar surface area (TPSA) is 102 Å². The van der Waals surface area contributed by atoms with Crippen LogP contribution in [0.2, 0.25) is 5.02 Å². The normalized spacial score (nSPS) is 13.2. The minimum Gasteiger partial charge on any atom is -0.495 e. The van der Waals surface area contributed by atoms with Crippen molar-refractivity contribution >= 4 is 45.5 Å². The highest BCUT2D eigenvalue weighted by molar-refractivity contribution is 6.32. The van der Waals surface area contributed by atoms with Crippen molar-refractivity contribution in [2.75, 3.05) is 31.4 Å². The molecule has 0 spiro atoms. The molecule has 0 radical (unpaired) electrons. The molecular formula is C27H29ClN6O3. The van der Waals surface area contributed by atoms with Gasteiger partial charge in [0, 0.05) is 35.3 Å². The van der Waals surface area contributed by atoms with Crippen molar-refractivity contribution in [3.05, 3.63) is 53.3 Å². The van der Waals surface area contributed by atoms with E-state index in [1.807, 2.05) is 30.3 Å². The Bertz CT molecular complexity index is 1510. The zero-order valence-electron chi connectivity index (χ0n) is 21.4. The van der Waals surface area contributed by atoms with Crippen LogP contribution < -0.4 is 25.4 Å². The van der Waals surface area contributed by atoms with Crippen LogP contribution in [-0.4, -0.2) is 47.0 Å².